The Hall–Kier alpha value is 5.24. The maximum atomic E-state index is 2.67. The lowest BCUT2D eigenvalue weighted by Gasteiger charge is -2.29. The SMILES string of the molecule is CC(C)[P+](I)(I)C(C)(C)C.CC(C)[P+](I)(I)C(C)(C)C.[I-].[I-]. The fraction of sp³-hybridized carbons (Fsp3) is 1.00. The van der Waals surface area contributed by atoms with Crippen molar-refractivity contribution < 1.29 is 48.0 Å². The molecular formula is C14H32I6P2. The molecule has 0 heterocycles. The van der Waals surface area contributed by atoms with E-state index < -0.39 is 5.09 Å². The molecule has 0 nitrogen and oxygen atoms in total. The Balaban J connectivity index is -0.000000135. The molecule has 0 atom stereocenters. The second-order valence-electron chi connectivity index (χ2n) is 7.64. The molecule has 22 heavy (non-hydrogen) atoms. The van der Waals surface area contributed by atoms with Crippen molar-refractivity contribution in [2.24, 2.45) is 0 Å². The summed E-state index contributed by atoms with van der Waals surface area (Å²) < 4.78 is -1.52. The topological polar surface area (TPSA) is 0 Å². The number of hydrogen-bond acceptors (Lipinski definition) is 0. The fourth-order valence-electron chi connectivity index (χ4n) is 1.55. The summed E-state index contributed by atoms with van der Waals surface area (Å²) in [5, 5.41) is 1.00. The molecule has 0 aromatic heterocycles. The third-order valence-corrected chi connectivity index (χ3v) is 40.0. The lowest BCUT2D eigenvalue weighted by molar-refractivity contribution is -0.001000. The highest BCUT2D eigenvalue weighted by Crippen LogP contribution is 2.85. The van der Waals surface area contributed by atoms with Crippen molar-refractivity contribution in [3.05, 3.63) is 0 Å². The summed E-state index contributed by atoms with van der Waals surface area (Å²) in [5.74, 6) is 0. The highest BCUT2D eigenvalue weighted by Gasteiger charge is 2.49. The molecule has 0 saturated carbocycles. The minimum absolute atomic E-state index is 0. The van der Waals surface area contributed by atoms with Gasteiger partial charge in [-0.25, -0.2) is 0 Å². The van der Waals surface area contributed by atoms with E-state index in [0.717, 1.165) is 11.3 Å². The van der Waals surface area contributed by atoms with Gasteiger partial charge in [0.2, 0.25) is 0 Å². The van der Waals surface area contributed by atoms with Crippen LogP contribution in [-0.2, 0) is 0 Å². The van der Waals surface area contributed by atoms with E-state index in [1.54, 1.807) is 0 Å². The Labute approximate surface area is 227 Å². The van der Waals surface area contributed by atoms with Gasteiger partial charge in [0.05, 0.1) is 21.6 Å². The molecule has 0 N–H and O–H groups in total. The summed E-state index contributed by atoms with van der Waals surface area (Å²) in [6.45, 7) is 23.4. The monoisotopic (exact) mass is 1020 g/mol. The predicted molar refractivity (Wildman–Crippen MR) is 140 cm³/mol. The summed E-state index contributed by atoms with van der Waals surface area (Å²) >= 11 is 10.7. The van der Waals surface area contributed by atoms with Crippen molar-refractivity contribution in [3.63, 3.8) is 0 Å². The average Bonchev–Trinajstić information content (AvgIpc) is 2.14. The molecule has 0 spiro atoms. The van der Waals surface area contributed by atoms with Crippen molar-refractivity contribution in [2.75, 3.05) is 0 Å². The van der Waals surface area contributed by atoms with Crippen molar-refractivity contribution >= 4 is 93.3 Å². The van der Waals surface area contributed by atoms with Crippen LogP contribution in [0.2, 0.25) is 0 Å². The zero-order valence-corrected chi connectivity index (χ0v) is 30.1. The van der Waals surface area contributed by atoms with Gasteiger partial charge in [-0.1, -0.05) is 0 Å². The van der Waals surface area contributed by atoms with Gasteiger partial charge in [-0.15, -0.1) is 0 Å². The summed E-state index contributed by atoms with van der Waals surface area (Å²) in [6, 6.07) is 0. The van der Waals surface area contributed by atoms with Crippen LogP contribution in [0.1, 0.15) is 69.2 Å². The first-order chi connectivity index (χ1) is 8.39. The Bertz CT molecular complexity index is 261. The highest BCUT2D eigenvalue weighted by molar-refractivity contribution is 14.3. The summed E-state index contributed by atoms with van der Waals surface area (Å²) in [5.41, 5.74) is 1.68. The number of hydrogen-bond donors (Lipinski definition) is 0. The molecular weight excluding hydrogens is 992 g/mol. The molecule has 0 bridgehead atoms. The third kappa shape index (κ3) is 11.9. The molecule has 0 unspecified atom stereocenters. The molecule has 0 saturated heterocycles. The van der Waals surface area contributed by atoms with Crippen molar-refractivity contribution in [1.29, 1.82) is 0 Å². The molecule has 0 aliphatic carbocycles. The first-order valence-corrected chi connectivity index (χ1v) is 21.8. The Kier molecular flexibility index (Phi) is 21.2. The lowest BCUT2D eigenvalue weighted by atomic mass is 10.3. The molecule has 0 radical (unpaired) electrons. The average molecular weight is 1020 g/mol. The van der Waals surface area contributed by atoms with E-state index in [9.17, 15) is 0 Å². The van der Waals surface area contributed by atoms with Crippen molar-refractivity contribution in [3.8, 4) is 0 Å². The Morgan fingerprint density at radius 3 is 0.682 bits per heavy atom. The summed E-state index contributed by atoms with van der Waals surface area (Å²) in [7, 11) is 0. The molecule has 0 aliphatic heterocycles. The van der Waals surface area contributed by atoms with Gasteiger partial charge < -0.3 is 48.0 Å². The van der Waals surface area contributed by atoms with Crippen LogP contribution >= 0.6 is 93.3 Å². The van der Waals surface area contributed by atoms with Gasteiger partial charge in [-0.05, 0) is 69.2 Å². The Morgan fingerprint density at radius 2 is 0.682 bits per heavy atom. The zero-order chi connectivity index (χ0) is 17.2. The van der Waals surface area contributed by atoms with E-state index in [-0.39, 0.29) is 48.0 Å². The van der Waals surface area contributed by atoms with Gasteiger partial charge >= 0.3 is 0 Å². The first kappa shape index (κ1) is 34.7. The van der Waals surface area contributed by atoms with Crippen LogP contribution in [0.3, 0.4) is 0 Å². The fourth-order valence-corrected chi connectivity index (χ4v) is 4.65. The summed E-state index contributed by atoms with van der Waals surface area (Å²) in [6.07, 6.45) is 0. The van der Waals surface area contributed by atoms with Gasteiger partial charge in [-0.2, -0.15) is 0 Å². The second kappa shape index (κ2) is 13.5. The van der Waals surface area contributed by atoms with Gasteiger partial charge in [0.15, 0.2) is 88.2 Å². The normalized spacial score (nSPS) is 13.1. The standard InChI is InChI=1S/2C7H16I2P.2HI/c2*1-6(2)10(8,9)7(3,4)5;;/h2*6H,1-5H3;2*1H/q2*+1;;/p-2. The van der Waals surface area contributed by atoms with Crippen molar-refractivity contribution in [1.82, 2.24) is 0 Å². The highest BCUT2D eigenvalue weighted by atomic mass is 127. The van der Waals surface area contributed by atoms with E-state index in [2.05, 4.69) is 157 Å². The van der Waals surface area contributed by atoms with Crippen LogP contribution in [0.5, 0.6) is 0 Å². The van der Waals surface area contributed by atoms with Crippen LogP contribution in [0, 0.1) is 0 Å². The third-order valence-electron chi connectivity index (χ3n) is 3.09. The van der Waals surface area contributed by atoms with Crippen LogP contribution < -0.4 is 48.0 Å². The van der Waals surface area contributed by atoms with E-state index >= 15 is 0 Å². The number of halogens is 6. The Morgan fingerprint density at radius 1 is 0.545 bits per heavy atom. The predicted octanol–water partition coefficient (Wildman–Crippen LogP) is 3.83. The van der Waals surface area contributed by atoms with Gasteiger partial charge in [-0.3, -0.25) is 0 Å². The molecule has 0 aromatic carbocycles. The smallest absolute Gasteiger partial charge is 0.166 e. The largest absolute Gasteiger partial charge is 1.00 e. The van der Waals surface area contributed by atoms with Crippen molar-refractivity contribution in [2.45, 2.75) is 90.9 Å². The zero-order valence-electron chi connectivity index (χ0n) is 15.3. The number of rotatable bonds is 2. The van der Waals surface area contributed by atoms with Gasteiger partial charge in [0.25, 0.3) is 0 Å². The second-order valence-corrected chi connectivity index (χ2v) is 44.0. The summed E-state index contributed by atoms with van der Waals surface area (Å²) in [4.78, 5) is 0. The molecule has 0 rings (SSSR count). The minimum atomic E-state index is -0.758. The minimum Gasteiger partial charge on any atom is -1.00 e. The molecule has 0 aromatic rings. The van der Waals surface area contributed by atoms with Gasteiger partial charge in [0, 0.05) is 0 Å². The molecule has 140 valence electrons. The van der Waals surface area contributed by atoms with E-state index in [1.807, 2.05) is 0 Å². The lowest BCUT2D eigenvalue weighted by Crippen LogP contribution is -3.00. The van der Waals surface area contributed by atoms with E-state index in [4.69, 9.17) is 0 Å². The first-order valence-electron chi connectivity index (χ1n) is 6.95. The molecule has 0 aliphatic rings. The molecule has 0 amide bonds. The maximum absolute atomic E-state index is 2.67. The van der Waals surface area contributed by atoms with E-state index in [1.165, 1.54) is 0 Å². The van der Waals surface area contributed by atoms with E-state index in [0.29, 0.717) is 10.3 Å². The van der Waals surface area contributed by atoms with Crippen LogP contribution in [-0.4, -0.2) is 21.6 Å². The van der Waals surface area contributed by atoms with Crippen LogP contribution in [0.25, 0.3) is 0 Å². The van der Waals surface area contributed by atoms with Crippen LogP contribution in [0.4, 0.5) is 0 Å². The molecule has 8 heteroatoms. The quantitative estimate of drug-likeness (QED) is 0.292. The van der Waals surface area contributed by atoms with Gasteiger partial charge in [0.1, 0.15) is 5.09 Å². The molecule has 0 fully saturated rings. The van der Waals surface area contributed by atoms with Crippen LogP contribution in [0.15, 0.2) is 0 Å². The maximum Gasteiger partial charge on any atom is 0.166 e.